The molecule has 7 heteroatoms. The fourth-order valence-electron chi connectivity index (χ4n) is 3.20. The molecule has 0 radical (unpaired) electrons. The van der Waals surface area contributed by atoms with E-state index in [-0.39, 0.29) is 11.8 Å². The van der Waals surface area contributed by atoms with Crippen molar-refractivity contribution >= 4 is 28.0 Å². The maximum Gasteiger partial charge on any atom is 0.319 e. The van der Waals surface area contributed by atoms with Crippen LogP contribution in [0, 0.1) is 12.7 Å². The minimum absolute atomic E-state index is 0.233. The zero-order valence-corrected chi connectivity index (χ0v) is 17.0. The number of benzene rings is 2. The van der Waals surface area contributed by atoms with Crippen LogP contribution in [0.2, 0.25) is 0 Å². The molecule has 4 aromatic rings. The fourth-order valence-corrected chi connectivity index (χ4v) is 4.24. The Morgan fingerprint density at radius 2 is 1.93 bits per heavy atom. The van der Waals surface area contributed by atoms with Gasteiger partial charge in [0.1, 0.15) is 5.82 Å². The maximum absolute atomic E-state index is 13.1. The second-order valence-electron chi connectivity index (χ2n) is 6.71. The van der Waals surface area contributed by atoms with Gasteiger partial charge in [-0.2, -0.15) is 0 Å². The number of carbonyl (C=O) groups is 1. The van der Waals surface area contributed by atoms with Crippen molar-refractivity contribution in [2.75, 3.05) is 5.32 Å². The van der Waals surface area contributed by atoms with Crippen LogP contribution in [0.15, 0.2) is 54.7 Å². The first-order valence-corrected chi connectivity index (χ1v) is 10.2. The number of thiazole rings is 1. The lowest BCUT2D eigenvalue weighted by Crippen LogP contribution is -2.28. The zero-order valence-electron chi connectivity index (χ0n) is 16.2. The highest BCUT2D eigenvalue weighted by atomic mass is 32.1. The Labute approximate surface area is 172 Å². The monoisotopic (exact) mass is 408 g/mol. The van der Waals surface area contributed by atoms with Crippen LogP contribution in [-0.2, 0) is 13.0 Å². The number of anilines is 1. The number of amides is 2. The Morgan fingerprint density at radius 3 is 2.66 bits per heavy atom. The predicted molar refractivity (Wildman–Crippen MR) is 115 cm³/mol. The van der Waals surface area contributed by atoms with Crippen LogP contribution < -0.4 is 10.6 Å². The van der Waals surface area contributed by atoms with Gasteiger partial charge in [0.25, 0.3) is 0 Å². The molecule has 0 aliphatic rings. The van der Waals surface area contributed by atoms with E-state index in [1.54, 1.807) is 12.1 Å². The third-order valence-corrected chi connectivity index (χ3v) is 6.01. The van der Waals surface area contributed by atoms with Crippen LogP contribution >= 0.6 is 11.3 Å². The van der Waals surface area contributed by atoms with E-state index in [1.807, 2.05) is 41.8 Å². The number of halogens is 1. The number of hydrogen-bond donors (Lipinski definition) is 2. The Hall–Kier alpha value is -3.19. The van der Waals surface area contributed by atoms with Crippen LogP contribution in [0.25, 0.3) is 16.2 Å². The first-order chi connectivity index (χ1) is 14.0. The highest BCUT2D eigenvalue weighted by Gasteiger charge is 2.14. The van der Waals surface area contributed by atoms with E-state index in [0.29, 0.717) is 6.54 Å². The summed E-state index contributed by atoms with van der Waals surface area (Å²) in [4.78, 5) is 18.8. The van der Waals surface area contributed by atoms with Gasteiger partial charge in [0, 0.05) is 28.0 Å². The molecular formula is C22H21FN4OS. The summed E-state index contributed by atoms with van der Waals surface area (Å²) >= 11 is 1.53. The number of aryl methyl sites for hydroxylation is 2. The summed E-state index contributed by atoms with van der Waals surface area (Å²) in [7, 11) is 0. The molecule has 0 bridgehead atoms. The lowest BCUT2D eigenvalue weighted by molar-refractivity contribution is 0.252. The second kappa shape index (κ2) is 8.05. The molecule has 5 nitrogen and oxygen atoms in total. The maximum atomic E-state index is 13.1. The van der Waals surface area contributed by atoms with Crippen molar-refractivity contribution < 1.29 is 9.18 Å². The largest absolute Gasteiger partial charge is 0.333 e. The smallest absolute Gasteiger partial charge is 0.319 e. The van der Waals surface area contributed by atoms with Gasteiger partial charge in [0.15, 0.2) is 4.96 Å². The first kappa shape index (κ1) is 19.1. The predicted octanol–water partition coefficient (Wildman–Crippen LogP) is 5.39. The standard InChI is InChI=1S/C22H21FN4OS/c1-3-15-6-4-5-7-18(15)25-21(28)24-12-20-14(2)27-13-19(26-22(27)29-20)16-8-10-17(23)11-9-16/h4-11,13H,3,12H2,1-2H3,(H2,24,25,28). The summed E-state index contributed by atoms with van der Waals surface area (Å²) < 4.78 is 15.1. The zero-order chi connectivity index (χ0) is 20.4. The molecule has 2 aromatic carbocycles. The molecule has 2 heterocycles. The van der Waals surface area contributed by atoms with Crippen molar-refractivity contribution in [3.63, 3.8) is 0 Å². The van der Waals surface area contributed by atoms with Crippen LogP contribution in [0.1, 0.15) is 23.1 Å². The van der Waals surface area contributed by atoms with Gasteiger partial charge in [0.05, 0.1) is 12.2 Å². The number of fused-ring (bicyclic) bond motifs is 1. The number of para-hydroxylation sites is 1. The van der Waals surface area contributed by atoms with Gasteiger partial charge >= 0.3 is 6.03 Å². The molecule has 0 atom stereocenters. The topological polar surface area (TPSA) is 58.4 Å². The van der Waals surface area contributed by atoms with Crippen molar-refractivity contribution in [3.8, 4) is 11.3 Å². The molecule has 2 N–H and O–H groups in total. The van der Waals surface area contributed by atoms with E-state index in [1.165, 1.54) is 23.5 Å². The van der Waals surface area contributed by atoms with E-state index in [9.17, 15) is 9.18 Å². The minimum Gasteiger partial charge on any atom is -0.333 e. The highest BCUT2D eigenvalue weighted by Crippen LogP contribution is 2.27. The quantitative estimate of drug-likeness (QED) is 0.465. The number of carbonyl (C=O) groups excluding carboxylic acids is 1. The Morgan fingerprint density at radius 1 is 1.17 bits per heavy atom. The summed E-state index contributed by atoms with van der Waals surface area (Å²) in [5.41, 5.74) is 4.62. The highest BCUT2D eigenvalue weighted by molar-refractivity contribution is 7.17. The molecule has 0 fully saturated rings. The first-order valence-electron chi connectivity index (χ1n) is 9.41. The Balaban J connectivity index is 1.46. The van der Waals surface area contributed by atoms with Crippen molar-refractivity contribution in [2.45, 2.75) is 26.8 Å². The molecule has 4 rings (SSSR count). The number of hydrogen-bond acceptors (Lipinski definition) is 3. The SMILES string of the molecule is CCc1ccccc1NC(=O)NCc1sc2nc(-c3ccc(F)cc3)cn2c1C. The van der Waals surface area contributed by atoms with Crippen LogP contribution in [-0.4, -0.2) is 15.4 Å². The minimum atomic E-state index is -0.265. The van der Waals surface area contributed by atoms with E-state index in [0.717, 1.165) is 44.5 Å². The number of imidazole rings is 1. The van der Waals surface area contributed by atoms with E-state index in [4.69, 9.17) is 0 Å². The van der Waals surface area contributed by atoms with E-state index >= 15 is 0 Å². The normalized spacial score (nSPS) is 11.0. The number of aromatic nitrogens is 2. The molecule has 0 spiro atoms. The number of urea groups is 1. The van der Waals surface area contributed by atoms with Gasteiger partial charge in [-0.25, -0.2) is 14.2 Å². The average molecular weight is 409 g/mol. The van der Waals surface area contributed by atoms with Crippen molar-refractivity contribution in [3.05, 3.63) is 76.7 Å². The third kappa shape index (κ3) is 4.00. The number of rotatable bonds is 5. The Kier molecular flexibility index (Phi) is 5.31. The van der Waals surface area contributed by atoms with Gasteiger partial charge in [-0.3, -0.25) is 4.40 Å². The summed E-state index contributed by atoms with van der Waals surface area (Å²) in [6.45, 7) is 4.48. The molecule has 148 valence electrons. The molecule has 29 heavy (non-hydrogen) atoms. The van der Waals surface area contributed by atoms with Gasteiger partial charge in [-0.1, -0.05) is 36.5 Å². The molecular weight excluding hydrogens is 387 g/mol. The summed E-state index contributed by atoms with van der Waals surface area (Å²) in [6, 6.07) is 13.9. The van der Waals surface area contributed by atoms with Crippen LogP contribution in [0.3, 0.4) is 0 Å². The summed E-state index contributed by atoms with van der Waals surface area (Å²) in [6.07, 6.45) is 2.80. The summed E-state index contributed by atoms with van der Waals surface area (Å²) in [5.74, 6) is -0.265. The van der Waals surface area contributed by atoms with Gasteiger partial charge in [-0.15, -0.1) is 0 Å². The molecule has 2 amide bonds. The fraction of sp³-hybridized carbons (Fsp3) is 0.182. The van der Waals surface area contributed by atoms with Crippen molar-refractivity contribution in [1.82, 2.24) is 14.7 Å². The van der Waals surface area contributed by atoms with Crippen molar-refractivity contribution in [1.29, 1.82) is 0 Å². The number of nitrogens with zero attached hydrogens (tertiary/aromatic N) is 2. The van der Waals surface area contributed by atoms with E-state index < -0.39 is 0 Å². The average Bonchev–Trinajstić information content (AvgIpc) is 3.27. The van der Waals surface area contributed by atoms with Gasteiger partial charge in [0.2, 0.25) is 0 Å². The molecule has 0 aliphatic carbocycles. The lowest BCUT2D eigenvalue weighted by atomic mass is 10.1. The summed E-state index contributed by atoms with van der Waals surface area (Å²) in [5, 5.41) is 5.84. The molecule has 0 aliphatic heterocycles. The Bertz CT molecular complexity index is 1160. The van der Waals surface area contributed by atoms with Gasteiger partial charge in [-0.05, 0) is 49.2 Å². The number of nitrogens with one attached hydrogen (secondary N) is 2. The van der Waals surface area contributed by atoms with E-state index in [2.05, 4.69) is 22.5 Å². The molecule has 0 saturated carbocycles. The molecule has 2 aromatic heterocycles. The van der Waals surface area contributed by atoms with Crippen LogP contribution in [0.4, 0.5) is 14.9 Å². The van der Waals surface area contributed by atoms with Crippen LogP contribution in [0.5, 0.6) is 0 Å². The molecule has 0 unspecified atom stereocenters. The van der Waals surface area contributed by atoms with Crippen molar-refractivity contribution in [2.24, 2.45) is 0 Å². The second-order valence-corrected chi connectivity index (χ2v) is 7.78. The molecule has 0 saturated heterocycles. The third-order valence-electron chi connectivity index (χ3n) is 4.85. The van der Waals surface area contributed by atoms with Gasteiger partial charge < -0.3 is 10.6 Å². The lowest BCUT2D eigenvalue weighted by Gasteiger charge is -2.10.